The highest BCUT2D eigenvalue weighted by Gasteiger charge is 2.40. The lowest BCUT2D eigenvalue weighted by Crippen LogP contribution is -2.47. The lowest BCUT2D eigenvalue weighted by molar-refractivity contribution is 0.337. The smallest absolute Gasteiger partial charge is 0.190 e. The highest BCUT2D eigenvalue weighted by Crippen LogP contribution is 2.29. The number of hydrogen-bond acceptors (Lipinski definition) is 2. The van der Waals surface area contributed by atoms with E-state index >= 15 is 0 Å². The van der Waals surface area contributed by atoms with Crippen molar-refractivity contribution in [2.75, 3.05) is 5.01 Å². The monoisotopic (exact) mass is 361 g/mol. The van der Waals surface area contributed by atoms with E-state index in [1.54, 1.807) is 0 Å². The van der Waals surface area contributed by atoms with Crippen LogP contribution in [0.15, 0.2) is 59.1 Å². The van der Waals surface area contributed by atoms with Gasteiger partial charge in [-0.15, -0.1) is 0 Å². The van der Waals surface area contributed by atoms with Gasteiger partial charge in [0.15, 0.2) is 5.11 Å². The van der Waals surface area contributed by atoms with Crippen molar-refractivity contribution in [2.45, 2.75) is 19.0 Å². The molecule has 3 rings (SSSR count). The number of hydrogen-bond donors (Lipinski definition) is 2. The number of anilines is 1. The molecular weight excluding hydrogens is 346 g/mol. The van der Waals surface area contributed by atoms with Crippen LogP contribution in [0.1, 0.15) is 18.9 Å². The zero-order valence-corrected chi connectivity index (χ0v) is 14.0. The predicted molar refractivity (Wildman–Crippen MR) is 93.9 cm³/mol. The molecule has 1 heterocycles. The van der Waals surface area contributed by atoms with Crippen molar-refractivity contribution in [3.8, 4) is 0 Å². The summed E-state index contributed by atoms with van der Waals surface area (Å²) in [6.45, 7) is 2.14. The molecular formula is C16H16BrN3S. The van der Waals surface area contributed by atoms with Crippen LogP contribution in [0.2, 0.25) is 0 Å². The first-order valence-corrected chi connectivity index (χ1v) is 8.06. The van der Waals surface area contributed by atoms with Crippen molar-refractivity contribution in [3.63, 3.8) is 0 Å². The largest absolute Gasteiger partial charge is 0.338 e. The van der Waals surface area contributed by atoms with Gasteiger partial charge in [0.1, 0.15) is 5.66 Å². The van der Waals surface area contributed by atoms with Gasteiger partial charge in [-0.3, -0.25) is 0 Å². The molecule has 0 unspecified atom stereocenters. The van der Waals surface area contributed by atoms with Crippen LogP contribution in [0, 0.1) is 0 Å². The average molecular weight is 362 g/mol. The van der Waals surface area contributed by atoms with Gasteiger partial charge in [-0.1, -0.05) is 53.2 Å². The number of nitrogens with one attached hydrogen (secondary N) is 2. The summed E-state index contributed by atoms with van der Waals surface area (Å²) >= 11 is 8.97. The molecule has 0 amide bonds. The highest BCUT2D eigenvalue weighted by atomic mass is 79.9. The Hall–Kier alpha value is -1.43. The Bertz CT molecular complexity index is 644. The topological polar surface area (TPSA) is 27.3 Å². The van der Waals surface area contributed by atoms with Gasteiger partial charge in [0.05, 0.1) is 5.69 Å². The summed E-state index contributed by atoms with van der Waals surface area (Å²) < 4.78 is 1.05. The first-order valence-electron chi connectivity index (χ1n) is 6.86. The van der Waals surface area contributed by atoms with Crippen LogP contribution in [0.25, 0.3) is 0 Å². The summed E-state index contributed by atoms with van der Waals surface area (Å²) in [4.78, 5) is 0. The molecule has 0 saturated carbocycles. The fourth-order valence-corrected chi connectivity index (χ4v) is 3.10. The fourth-order valence-electron chi connectivity index (χ4n) is 2.51. The highest BCUT2D eigenvalue weighted by molar-refractivity contribution is 9.10. The Morgan fingerprint density at radius 1 is 1.10 bits per heavy atom. The number of thiocarbonyl (C=S) groups is 1. The molecule has 0 bridgehead atoms. The minimum atomic E-state index is -0.356. The summed E-state index contributed by atoms with van der Waals surface area (Å²) in [6.07, 6.45) is 0.879. The lowest BCUT2D eigenvalue weighted by atomic mass is 9.98. The van der Waals surface area contributed by atoms with Gasteiger partial charge >= 0.3 is 0 Å². The van der Waals surface area contributed by atoms with E-state index in [-0.39, 0.29) is 5.66 Å². The van der Waals surface area contributed by atoms with E-state index < -0.39 is 0 Å². The van der Waals surface area contributed by atoms with Crippen LogP contribution >= 0.6 is 28.1 Å². The van der Waals surface area contributed by atoms with E-state index in [1.165, 1.54) is 5.56 Å². The normalized spacial score (nSPS) is 21.4. The van der Waals surface area contributed by atoms with Crippen LogP contribution in [-0.4, -0.2) is 5.11 Å². The summed E-state index contributed by atoms with van der Waals surface area (Å²) in [5, 5.41) is 6.04. The Labute approximate surface area is 138 Å². The second-order valence-corrected chi connectivity index (χ2v) is 6.28. The lowest BCUT2D eigenvalue weighted by Gasteiger charge is -2.29. The quantitative estimate of drug-likeness (QED) is 0.810. The van der Waals surface area contributed by atoms with Gasteiger partial charge in [0, 0.05) is 4.47 Å². The molecule has 21 heavy (non-hydrogen) atoms. The number of benzene rings is 2. The van der Waals surface area contributed by atoms with Gasteiger partial charge in [0.2, 0.25) is 0 Å². The Morgan fingerprint density at radius 2 is 1.76 bits per heavy atom. The van der Waals surface area contributed by atoms with Crippen LogP contribution in [-0.2, 0) is 5.66 Å². The summed E-state index contributed by atoms with van der Waals surface area (Å²) in [5.74, 6) is 0. The van der Waals surface area contributed by atoms with Crippen LogP contribution < -0.4 is 15.8 Å². The van der Waals surface area contributed by atoms with E-state index in [0.717, 1.165) is 16.6 Å². The predicted octanol–water partition coefficient (Wildman–Crippen LogP) is 3.91. The molecule has 1 saturated heterocycles. The molecule has 2 aromatic carbocycles. The molecule has 0 aliphatic carbocycles. The maximum absolute atomic E-state index is 5.51. The first-order chi connectivity index (χ1) is 10.1. The second kappa shape index (κ2) is 5.75. The third kappa shape index (κ3) is 2.69. The fraction of sp³-hybridized carbons (Fsp3) is 0.188. The van der Waals surface area contributed by atoms with Gasteiger partial charge in [0.25, 0.3) is 0 Å². The number of hydrazine groups is 1. The van der Waals surface area contributed by atoms with Crippen molar-refractivity contribution < 1.29 is 0 Å². The van der Waals surface area contributed by atoms with Gasteiger partial charge in [-0.2, -0.15) is 5.43 Å². The molecule has 0 spiro atoms. The molecule has 5 heteroatoms. The minimum absolute atomic E-state index is 0.356. The van der Waals surface area contributed by atoms with E-state index in [1.807, 2.05) is 47.5 Å². The summed E-state index contributed by atoms with van der Waals surface area (Å²) in [5.41, 5.74) is 5.36. The SMILES string of the molecule is CC[C@]1(c2ccccc2)NC(=S)N(c2ccc(Br)cc2)N1. The molecule has 1 aliphatic heterocycles. The zero-order valence-electron chi connectivity index (χ0n) is 11.6. The van der Waals surface area contributed by atoms with Crippen molar-refractivity contribution in [3.05, 3.63) is 64.6 Å². The molecule has 108 valence electrons. The Kier molecular flexibility index (Phi) is 3.97. The van der Waals surface area contributed by atoms with Crippen LogP contribution in [0.4, 0.5) is 5.69 Å². The van der Waals surface area contributed by atoms with E-state index in [2.05, 4.69) is 45.7 Å². The molecule has 0 aromatic heterocycles. The Morgan fingerprint density at radius 3 is 2.38 bits per heavy atom. The third-order valence-corrected chi connectivity index (χ3v) is 4.52. The third-order valence-electron chi connectivity index (χ3n) is 3.71. The summed E-state index contributed by atoms with van der Waals surface area (Å²) in [7, 11) is 0. The summed E-state index contributed by atoms with van der Waals surface area (Å²) in [6, 6.07) is 18.4. The van der Waals surface area contributed by atoms with E-state index in [9.17, 15) is 0 Å². The maximum atomic E-state index is 5.51. The standard InChI is InChI=1S/C16H16BrN3S/c1-2-16(12-6-4-3-5-7-12)18-15(21)20(19-16)14-10-8-13(17)9-11-14/h3-11,19H,2H2,1H3,(H,18,21)/t16-/m0/s1. The second-order valence-electron chi connectivity index (χ2n) is 4.98. The molecule has 2 aromatic rings. The van der Waals surface area contributed by atoms with Gasteiger partial charge < -0.3 is 5.32 Å². The van der Waals surface area contributed by atoms with E-state index in [4.69, 9.17) is 12.2 Å². The molecule has 2 N–H and O–H groups in total. The first kappa shape index (κ1) is 14.5. The number of rotatable bonds is 3. The van der Waals surface area contributed by atoms with Crippen LogP contribution in [0.5, 0.6) is 0 Å². The van der Waals surface area contributed by atoms with Gasteiger partial charge in [-0.05, 0) is 48.5 Å². The van der Waals surface area contributed by atoms with Crippen molar-refractivity contribution in [2.24, 2.45) is 0 Å². The maximum Gasteiger partial charge on any atom is 0.190 e. The van der Waals surface area contributed by atoms with Crippen LogP contribution in [0.3, 0.4) is 0 Å². The van der Waals surface area contributed by atoms with Gasteiger partial charge in [-0.25, -0.2) is 5.01 Å². The molecule has 0 radical (unpaired) electrons. The zero-order chi connectivity index (χ0) is 14.9. The van der Waals surface area contributed by atoms with E-state index in [0.29, 0.717) is 5.11 Å². The average Bonchev–Trinajstić information content (AvgIpc) is 2.87. The van der Waals surface area contributed by atoms with Crippen molar-refractivity contribution in [1.82, 2.24) is 10.7 Å². The minimum Gasteiger partial charge on any atom is -0.338 e. The molecule has 3 nitrogen and oxygen atoms in total. The Balaban J connectivity index is 1.94. The number of nitrogens with zero attached hydrogens (tertiary/aromatic N) is 1. The molecule has 1 fully saturated rings. The number of halogens is 1. The van der Waals surface area contributed by atoms with Crippen molar-refractivity contribution in [1.29, 1.82) is 0 Å². The molecule has 1 atom stereocenters. The molecule has 1 aliphatic rings. The van der Waals surface area contributed by atoms with Crippen molar-refractivity contribution >= 4 is 38.9 Å².